The number of benzene rings is 1. The predicted molar refractivity (Wildman–Crippen MR) is 80.6 cm³/mol. The Bertz CT molecular complexity index is 543. The molecule has 0 heterocycles. The molecule has 0 fully saturated rings. The summed E-state index contributed by atoms with van der Waals surface area (Å²) in [4.78, 5) is 11.8. The van der Waals surface area contributed by atoms with Crippen LogP contribution in [-0.4, -0.2) is 20.9 Å². The second-order valence-electron chi connectivity index (χ2n) is 4.64. The van der Waals surface area contributed by atoms with Crippen molar-refractivity contribution < 1.29 is 13.2 Å². The fourth-order valence-corrected chi connectivity index (χ4v) is 2.62. The van der Waals surface area contributed by atoms with Gasteiger partial charge >= 0.3 is 0 Å². The summed E-state index contributed by atoms with van der Waals surface area (Å²) >= 11 is 0. The predicted octanol–water partition coefficient (Wildman–Crippen LogP) is 3.31. The third-order valence-corrected chi connectivity index (χ3v) is 4.30. The van der Waals surface area contributed by atoms with Crippen LogP contribution in [0.2, 0.25) is 0 Å². The van der Waals surface area contributed by atoms with Crippen molar-refractivity contribution in [2.24, 2.45) is 0 Å². The number of hydrogen-bond donors (Lipinski definition) is 1. The van der Waals surface area contributed by atoms with E-state index in [-0.39, 0.29) is 10.8 Å². The van der Waals surface area contributed by atoms with E-state index in [9.17, 15) is 13.2 Å². The molecule has 1 aromatic carbocycles. The Morgan fingerprint density at radius 3 is 2.55 bits per heavy atom. The van der Waals surface area contributed by atoms with Crippen molar-refractivity contribution in [2.45, 2.75) is 43.9 Å². The Morgan fingerprint density at radius 2 is 1.90 bits per heavy atom. The summed E-state index contributed by atoms with van der Waals surface area (Å²) in [6.45, 7) is 2.75. The van der Waals surface area contributed by atoms with Gasteiger partial charge in [0.2, 0.25) is 0 Å². The molecule has 1 N–H and O–H groups in total. The van der Waals surface area contributed by atoms with Crippen LogP contribution in [0.4, 0.5) is 0 Å². The van der Waals surface area contributed by atoms with Gasteiger partial charge in [0.05, 0.1) is 4.90 Å². The van der Waals surface area contributed by atoms with Crippen molar-refractivity contribution >= 4 is 25.6 Å². The molecule has 20 heavy (non-hydrogen) atoms. The fraction of sp³-hybridized carbons (Fsp3) is 0.500. The number of unbranched alkanes of at least 4 members (excludes halogenated alkanes) is 4. The van der Waals surface area contributed by atoms with Gasteiger partial charge in [-0.3, -0.25) is 4.79 Å². The van der Waals surface area contributed by atoms with Crippen LogP contribution in [0, 0.1) is 0 Å². The summed E-state index contributed by atoms with van der Waals surface area (Å²) < 4.78 is 22.4. The molecule has 0 aliphatic rings. The summed E-state index contributed by atoms with van der Waals surface area (Å²) in [5.41, 5.74) is 0.306. The Hall–Kier alpha value is -1.07. The minimum Gasteiger partial charge on any atom is -0.352 e. The third kappa shape index (κ3) is 5.92. The molecule has 4 nitrogen and oxygen atoms in total. The fourth-order valence-electron chi connectivity index (χ4n) is 1.82. The molecule has 1 aromatic rings. The average molecular weight is 318 g/mol. The van der Waals surface area contributed by atoms with Crippen LogP contribution < -0.4 is 5.32 Å². The topological polar surface area (TPSA) is 63.2 Å². The van der Waals surface area contributed by atoms with E-state index in [1.807, 2.05) is 0 Å². The summed E-state index contributed by atoms with van der Waals surface area (Å²) in [6.07, 6.45) is 5.59. The SMILES string of the molecule is CCCCCCCNC(=O)c1cccc(S(=O)(=O)Cl)c1. The lowest BCUT2D eigenvalue weighted by atomic mass is 10.1. The van der Waals surface area contributed by atoms with Crippen molar-refractivity contribution in [3.8, 4) is 0 Å². The van der Waals surface area contributed by atoms with E-state index >= 15 is 0 Å². The van der Waals surface area contributed by atoms with Crippen LogP contribution in [0.1, 0.15) is 49.4 Å². The Balaban J connectivity index is 2.48. The molecule has 0 atom stereocenters. The van der Waals surface area contributed by atoms with Gasteiger partial charge in [-0.1, -0.05) is 38.7 Å². The summed E-state index contributed by atoms with van der Waals surface area (Å²) in [5.74, 6) is -0.275. The molecule has 1 rings (SSSR count). The molecule has 0 saturated heterocycles. The third-order valence-electron chi connectivity index (χ3n) is 2.94. The number of rotatable bonds is 8. The second kappa shape index (κ2) is 8.27. The zero-order valence-electron chi connectivity index (χ0n) is 11.6. The Morgan fingerprint density at radius 1 is 1.20 bits per heavy atom. The van der Waals surface area contributed by atoms with Gasteiger partial charge in [0.25, 0.3) is 15.0 Å². The number of carbonyl (C=O) groups excluding carboxylic acids is 1. The average Bonchev–Trinajstić information content (AvgIpc) is 2.41. The van der Waals surface area contributed by atoms with Crippen molar-refractivity contribution in [2.75, 3.05) is 6.54 Å². The first-order chi connectivity index (χ1) is 9.45. The quantitative estimate of drug-likeness (QED) is 0.591. The van der Waals surface area contributed by atoms with Crippen LogP contribution >= 0.6 is 10.7 Å². The van der Waals surface area contributed by atoms with Crippen LogP contribution in [0.15, 0.2) is 29.2 Å². The summed E-state index contributed by atoms with van der Waals surface area (Å²) in [6, 6.07) is 5.72. The Labute approximate surface area is 124 Å². The molecule has 6 heteroatoms. The molecule has 0 unspecified atom stereocenters. The van der Waals surface area contributed by atoms with E-state index in [4.69, 9.17) is 10.7 Å². The first-order valence-corrected chi connectivity index (χ1v) is 9.09. The molecule has 0 aliphatic carbocycles. The van der Waals surface area contributed by atoms with Gasteiger partial charge in [-0.05, 0) is 24.6 Å². The Kier molecular flexibility index (Phi) is 7.02. The van der Waals surface area contributed by atoms with Crippen molar-refractivity contribution in [3.63, 3.8) is 0 Å². The largest absolute Gasteiger partial charge is 0.352 e. The number of hydrogen-bond acceptors (Lipinski definition) is 3. The monoisotopic (exact) mass is 317 g/mol. The molecule has 112 valence electrons. The van der Waals surface area contributed by atoms with Gasteiger partial charge in [0.15, 0.2) is 0 Å². The van der Waals surface area contributed by atoms with Gasteiger partial charge in [0.1, 0.15) is 0 Å². The maximum absolute atomic E-state index is 11.9. The number of nitrogens with one attached hydrogen (secondary N) is 1. The smallest absolute Gasteiger partial charge is 0.261 e. The number of halogens is 1. The van der Waals surface area contributed by atoms with E-state index in [2.05, 4.69) is 12.2 Å². The normalized spacial score (nSPS) is 11.3. The zero-order chi connectivity index (χ0) is 15.0. The van der Waals surface area contributed by atoms with E-state index in [0.29, 0.717) is 12.1 Å². The minimum atomic E-state index is -3.80. The minimum absolute atomic E-state index is 0.0604. The van der Waals surface area contributed by atoms with E-state index in [0.717, 1.165) is 12.8 Å². The lowest BCUT2D eigenvalue weighted by Gasteiger charge is -2.06. The molecule has 0 aliphatic heterocycles. The first-order valence-electron chi connectivity index (χ1n) is 6.78. The van der Waals surface area contributed by atoms with Gasteiger partial charge in [-0.25, -0.2) is 8.42 Å². The molecule has 1 amide bonds. The van der Waals surface area contributed by atoms with Crippen LogP contribution in [-0.2, 0) is 9.05 Å². The standard InChI is InChI=1S/C14H20ClNO3S/c1-2-3-4-5-6-10-16-14(17)12-8-7-9-13(11-12)20(15,18)19/h7-9,11H,2-6,10H2,1H3,(H,16,17). The zero-order valence-corrected chi connectivity index (χ0v) is 13.1. The van der Waals surface area contributed by atoms with Crippen molar-refractivity contribution in [3.05, 3.63) is 29.8 Å². The van der Waals surface area contributed by atoms with Crippen LogP contribution in [0.5, 0.6) is 0 Å². The van der Waals surface area contributed by atoms with Gasteiger partial charge < -0.3 is 5.32 Å². The van der Waals surface area contributed by atoms with Crippen molar-refractivity contribution in [1.29, 1.82) is 0 Å². The van der Waals surface area contributed by atoms with Gasteiger partial charge in [-0.15, -0.1) is 0 Å². The van der Waals surface area contributed by atoms with Crippen LogP contribution in [0.3, 0.4) is 0 Å². The molecule has 0 radical (unpaired) electrons. The van der Waals surface area contributed by atoms with Gasteiger partial charge in [-0.2, -0.15) is 0 Å². The van der Waals surface area contributed by atoms with E-state index in [1.165, 1.54) is 37.5 Å². The maximum Gasteiger partial charge on any atom is 0.261 e. The van der Waals surface area contributed by atoms with Crippen LogP contribution in [0.25, 0.3) is 0 Å². The highest BCUT2D eigenvalue weighted by Crippen LogP contribution is 2.16. The van der Waals surface area contributed by atoms with E-state index < -0.39 is 9.05 Å². The lowest BCUT2D eigenvalue weighted by molar-refractivity contribution is 0.0952. The molecular weight excluding hydrogens is 298 g/mol. The van der Waals surface area contributed by atoms with Crippen molar-refractivity contribution in [1.82, 2.24) is 5.32 Å². The second-order valence-corrected chi connectivity index (χ2v) is 7.20. The molecule has 0 bridgehead atoms. The highest BCUT2D eigenvalue weighted by Gasteiger charge is 2.12. The van der Waals surface area contributed by atoms with Gasteiger partial charge in [0, 0.05) is 22.8 Å². The molecule has 0 aromatic heterocycles. The molecule has 0 spiro atoms. The highest BCUT2D eigenvalue weighted by molar-refractivity contribution is 8.13. The lowest BCUT2D eigenvalue weighted by Crippen LogP contribution is -2.24. The highest BCUT2D eigenvalue weighted by atomic mass is 35.7. The molecular formula is C14H20ClNO3S. The number of carbonyl (C=O) groups is 1. The summed E-state index contributed by atoms with van der Waals surface area (Å²) in [5, 5.41) is 2.78. The summed E-state index contributed by atoms with van der Waals surface area (Å²) in [7, 11) is 1.45. The van der Waals surface area contributed by atoms with E-state index in [1.54, 1.807) is 6.07 Å². The molecule has 0 saturated carbocycles. The maximum atomic E-state index is 11.9. The first kappa shape index (κ1) is 17.0. The number of amides is 1.